The number of alkyl halides is 2. The summed E-state index contributed by atoms with van der Waals surface area (Å²) in [6.07, 6.45) is 1.15. The van der Waals surface area contributed by atoms with Crippen LogP contribution in [0.3, 0.4) is 0 Å². The zero-order valence-corrected chi connectivity index (χ0v) is 25.1. The first-order valence-electron chi connectivity index (χ1n) is 7.94. The second-order valence-electron chi connectivity index (χ2n) is 5.23. The molecule has 25 heavy (non-hydrogen) atoms. The van der Waals surface area contributed by atoms with E-state index < -0.39 is 0 Å². The van der Waals surface area contributed by atoms with Crippen LogP contribution >= 0.6 is 45.2 Å². The summed E-state index contributed by atoms with van der Waals surface area (Å²) < 4.78 is 1.66. The van der Waals surface area contributed by atoms with Crippen molar-refractivity contribution in [1.29, 1.82) is 0 Å². The van der Waals surface area contributed by atoms with E-state index in [9.17, 15) is 9.59 Å². The van der Waals surface area contributed by atoms with Gasteiger partial charge in [-0.05, 0) is 48.0 Å². The van der Waals surface area contributed by atoms with E-state index in [0.29, 0.717) is 6.42 Å². The normalized spacial score (nSPS) is 11.6. The standard InChI is InChI=1S/C4H10O.C4H8O.2C3H7IO.C3H6O.Pr/c2*1-3-4(2)5;2*1-3(5)2-4;1-3(2)4;/h4-5H,3H2,1-2H3;3H2,1-2H3;2*3,5H,2H2,1H3;1-2H3;. The van der Waals surface area contributed by atoms with Crippen molar-refractivity contribution < 1.29 is 66.2 Å². The molecule has 153 valence electrons. The van der Waals surface area contributed by atoms with Crippen molar-refractivity contribution in [2.24, 2.45) is 0 Å². The molecule has 0 aliphatic rings. The van der Waals surface area contributed by atoms with Gasteiger partial charge in [-0.2, -0.15) is 0 Å². The molecular formula is C17H38I2O5Pr. The summed E-state index contributed by atoms with van der Waals surface area (Å²) in [5.74, 6) is 0.421. The summed E-state index contributed by atoms with van der Waals surface area (Å²) in [4.78, 5) is 19.3. The summed E-state index contributed by atoms with van der Waals surface area (Å²) >= 11 is 4.25. The van der Waals surface area contributed by atoms with E-state index in [0.717, 1.165) is 15.3 Å². The molecule has 0 rings (SSSR count). The number of aliphatic hydroxyl groups excluding tert-OH is 3. The topological polar surface area (TPSA) is 94.8 Å². The van der Waals surface area contributed by atoms with Crippen LogP contribution in [-0.2, 0) is 9.59 Å². The van der Waals surface area contributed by atoms with Crippen molar-refractivity contribution >= 4 is 56.7 Å². The van der Waals surface area contributed by atoms with Crippen LogP contribution in [0.4, 0.5) is 0 Å². The number of rotatable bonds is 4. The van der Waals surface area contributed by atoms with Crippen molar-refractivity contribution in [1.82, 2.24) is 0 Å². The monoisotopic (exact) mass is 717 g/mol. The van der Waals surface area contributed by atoms with Crippen LogP contribution in [0.5, 0.6) is 0 Å². The Morgan fingerprint density at radius 2 is 0.920 bits per heavy atom. The van der Waals surface area contributed by atoms with Gasteiger partial charge in [-0.15, -0.1) is 0 Å². The number of aliphatic hydroxyl groups is 3. The summed E-state index contributed by atoms with van der Waals surface area (Å²) in [6.45, 7) is 13.8. The van der Waals surface area contributed by atoms with Crippen molar-refractivity contribution in [3.05, 3.63) is 0 Å². The Morgan fingerprint density at radius 1 is 0.800 bits per heavy atom. The van der Waals surface area contributed by atoms with Crippen molar-refractivity contribution in [3.8, 4) is 0 Å². The number of halogens is 2. The van der Waals surface area contributed by atoms with Gasteiger partial charge < -0.3 is 24.9 Å². The fraction of sp³-hybridized carbons (Fsp3) is 0.882. The number of carbonyl (C=O) groups excluding carboxylic acids is 2. The molecule has 5 nitrogen and oxygen atoms in total. The third-order valence-corrected chi connectivity index (χ3v) is 4.08. The van der Waals surface area contributed by atoms with E-state index in [-0.39, 0.29) is 71.2 Å². The Kier molecular flexibility index (Phi) is 61.1. The van der Waals surface area contributed by atoms with E-state index in [1.807, 2.05) is 13.8 Å². The molecule has 8 heteroatoms. The van der Waals surface area contributed by atoms with Crippen LogP contribution in [0.25, 0.3) is 0 Å². The van der Waals surface area contributed by atoms with Gasteiger partial charge in [0.15, 0.2) is 0 Å². The minimum Gasteiger partial charge on any atom is -0.393 e. The van der Waals surface area contributed by atoms with Crippen LogP contribution in [0.2, 0.25) is 0 Å². The quantitative estimate of drug-likeness (QED) is 0.303. The van der Waals surface area contributed by atoms with Gasteiger partial charge in [0.2, 0.25) is 0 Å². The Morgan fingerprint density at radius 3 is 0.920 bits per heavy atom. The average molecular weight is 717 g/mol. The van der Waals surface area contributed by atoms with Crippen LogP contribution in [0, 0.1) is 41.3 Å². The van der Waals surface area contributed by atoms with E-state index in [1.54, 1.807) is 27.7 Å². The van der Waals surface area contributed by atoms with E-state index >= 15 is 0 Å². The van der Waals surface area contributed by atoms with Crippen molar-refractivity contribution in [3.63, 3.8) is 0 Å². The van der Waals surface area contributed by atoms with E-state index in [4.69, 9.17) is 15.3 Å². The molecule has 0 aliphatic heterocycles. The van der Waals surface area contributed by atoms with Crippen LogP contribution in [-0.4, -0.2) is 54.1 Å². The van der Waals surface area contributed by atoms with E-state index in [2.05, 4.69) is 45.2 Å². The molecule has 0 aliphatic carbocycles. The van der Waals surface area contributed by atoms with Crippen molar-refractivity contribution in [2.45, 2.75) is 86.5 Å². The van der Waals surface area contributed by atoms with Gasteiger partial charge in [0, 0.05) is 56.6 Å². The van der Waals surface area contributed by atoms with Gasteiger partial charge in [-0.3, -0.25) is 0 Å². The molecule has 0 spiro atoms. The largest absolute Gasteiger partial charge is 0.393 e. The summed E-state index contributed by atoms with van der Waals surface area (Å²) in [7, 11) is 0. The van der Waals surface area contributed by atoms with Gasteiger partial charge in [-0.25, -0.2) is 0 Å². The zero-order chi connectivity index (χ0) is 20.7. The fourth-order valence-electron chi connectivity index (χ4n) is 0. The molecule has 0 aromatic carbocycles. The summed E-state index contributed by atoms with van der Waals surface area (Å²) in [5, 5.41) is 25.1. The minimum atomic E-state index is -0.129. The molecule has 0 aromatic rings. The van der Waals surface area contributed by atoms with Gasteiger partial charge in [0.1, 0.15) is 11.6 Å². The molecule has 0 saturated heterocycles. The first-order valence-corrected chi connectivity index (χ1v) is 11.0. The predicted molar refractivity (Wildman–Crippen MR) is 120 cm³/mol. The maximum absolute atomic E-state index is 9.81. The summed E-state index contributed by atoms with van der Waals surface area (Å²) in [5.41, 5.74) is 0. The number of hydrogen-bond acceptors (Lipinski definition) is 5. The van der Waals surface area contributed by atoms with Crippen LogP contribution < -0.4 is 0 Å². The van der Waals surface area contributed by atoms with E-state index in [1.165, 1.54) is 13.8 Å². The van der Waals surface area contributed by atoms with Gasteiger partial charge in [0.25, 0.3) is 0 Å². The molecule has 0 aromatic heterocycles. The van der Waals surface area contributed by atoms with Crippen LogP contribution in [0.1, 0.15) is 68.2 Å². The Hall–Kier alpha value is 2.04. The van der Waals surface area contributed by atoms with Crippen molar-refractivity contribution in [2.75, 3.05) is 8.86 Å². The van der Waals surface area contributed by atoms with Gasteiger partial charge in [-0.1, -0.05) is 59.0 Å². The molecule has 0 fully saturated rings. The first kappa shape index (κ1) is 41.4. The first-order chi connectivity index (χ1) is 10.8. The fourth-order valence-corrected chi connectivity index (χ4v) is 0. The number of ketones is 2. The molecule has 0 heterocycles. The SMILES string of the molecule is CC(C)=O.CC(O)CI.CC(O)CI.CCC(C)=O.CCC(C)O.[Pr]. The maximum Gasteiger partial charge on any atom is 0.129 e. The number of Topliss-reactive ketones (excluding diaryl/α,β-unsaturated/α-hetero) is 2. The Bertz CT molecular complexity index is 228. The Balaban J connectivity index is -0.0000000448. The second-order valence-corrected chi connectivity index (χ2v) is 6.99. The maximum atomic E-state index is 9.81. The smallest absolute Gasteiger partial charge is 0.129 e. The molecule has 3 N–H and O–H groups in total. The minimum absolute atomic E-state index is 0. The summed E-state index contributed by atoms with van der Waals surface area (Å²) in [6, 6.07) is 0. The number of carbonyl (C=O) groups is 2. The predicted octanol–water partition coefficient (Wildman–Crippen LogP) is 3.96. The molecular weight excluding hydrogens is 679 g/mol. The third-order valence-electron chi connectivity index (χ3n) is 1.54. The average Bonchev–Trinajstić information content (AvgIpc) is 2.48. The Labute approximate surface area is 215 Å². The molecule has 0 amide bonds. The molecule has 1 radical (unpaired) electrons. The molecule has 3 atom stereocenters. The third kappa shape index (κ3) is 149. The molecule has 0 bridgehead atoms. The molecule has 3 unspecified atom stereocenters. The second kappa shape index (κ2) is 36.9. The van der Waals surface area contributed by atoms with Gasteiger partial charge in [0.05, 0.1) is 18.3 Å². The van der Waals surface area contributed by atoms with Gasteiger partial charge >= 0.3 is 0 Å². The van der Waals surface area contributed by atoms with Crippen LogP contribution in [0.15, 0.2) is 0 Å². The zero-order valence-electron chi connectivity index (χ0n) is 17.1. The molecule has 0 saturated carbocycles. The number of hydrogen-bond donors (Lipinski definition) is 3.